The van der Waals surface area contributed by atoms with E-state index in [4.69, 9.17) is 14.2 Å². The highest BCUT2D eigenvalue weighted by atomic mass is 16.6. The summed E-state index contributed by atoms with van der Waals surface area (Å²) in [5, 5.41) is 0. The second-order valence-electron chi connectivity index (χ2n) is 19.2. The fourth-order valence-corrected chi connectivity index (χ4v) is 7.92. The third-order valence-corrected chi connectivity index (χ3v) is 12.3. The zero-order valence-electron chi connectivity index (χ0n) is 45.8. The van der Waals surface area contributed by atoms with Crippen LogP contribution in [-0.2, 0) is 28.6 Å². The van der Waals surface area contributed by atoms with E-state index in [0.29, 0.717) is 19.3 Å². The summed E-state index contributed by atoms with van der Waals surface area (Å²) in [6, 6.07) is 0. The summed E-state index contributed by atoms with van der Waals surface area (Å²) in [4.78, 5) is 38.1. The summed E-state index contributed by atoms with van der Waals surface area (Å²) in [5.74, 6) is -0.972. The molecule has 0 bridgehead atoms. The van der Waals surface area contributed by atoms with E-state index in [1.54, 1.807) is 0 Å². The molecular weight excluding hydrogens is 865 g/mol. The molecule has 70 heavy (non-hydrogen) atoms. The molecular formula is C64H108O6. The molecule has 0 rings (SSSR count). The maximum atomic E-state index is 12.8. The zero-order chi connectivity index (χ0) is 50.7. The molecule has 0 fully saturated rings. The van der Waals surface area contributed by atoms with Crippen LogP contribution in [-0.4, -0.2) is 37.2 Å². The molecule has 0 aromatic rings. The van der Waals surface area contributed by atoms with Crippen LogP contribution in [0.25, 0.3) is 0 Å². The Labute approximate surface area is 432 Å². The standard InChI is InChI=1S/C64H108O6/c1-4-7-10-13-16-19-22-24-26-28-29-30-31-32-33-34-35-37-38-40-42-45-48-51-54-57-63(66)69-60-61(59-68-62(65)56-53-50-47-44-21-18-15-12-9-6-3)70-64(67)58-55-52-49-46-43-41-39-36-27-25-23-20-17-14-11-8-5-2/h8,11-12,15,17,20,22,24-25,27-29,39,41,46,49,61H,4-7,9-10,13-14,16,18-19,21,23,26,30-38,40,42-45,47-48,50-60H2,1-3H3/b11-8-,15-12-,20-17-,24-22-,27-25-,29-28-,41-39-,49-46-. The van der Waals surface area contributed by atoms with Gasteiger partial charge in [-0.15, -0.1) is 0 Å². The van der Waals surface area contributed by atoms with Crippen molar-refractivity contribution >= 4 is 17.9 Å². The molecule has 0 aliphatic heterocycles. The van der Waals surface area contributed by atoms with Crippen LogP contribution in [0.15, 0.2) is 97.2 Å². The molecule has 6 nitrogen and oxygen atoms in total. The molecule has 0 radical (unpaired) electrons. The van der Waals surface area contributed by atoms with Gasteiger partial charge in [-0.1, -0.05) is 240 Å². The highest BCUT2D eigenvalue weighted by Crippen LogP contribution is 2.15. The monoisotopic (exact) mass is 973 g/mol. The number of hydrogen-bond acceptors (Lipinski definition) is 6. The van der Waals surface area contributed by atoms with E-state index in [1.165, 1.54) is 122 Å². The molecule has 0 aromatic heterocycles. The molecule has 6 heteroatoms. The van der Waals surface area contributed by atoms with Gasteiger partial charge in [0.1, 0.15) is 13.2 Å². The molecule has 0 saturated heterocycles. The van der Waals surface area contributed by atoms with Crippen LogP contribution in [0.1, 0.15) is 271 Å². The molecule has 0 spiro atoms. The van der Waals surface area contributed by atoms with Gasteiger partial charge in [0.2, 0.25) is 0 Å². The fourth-order valence-electron chi connectivity index (χ4n) is 7.92. The Balaban J connectivity index is 4.31. The van der Waals surface area contributed by atoms with Gasteiger partial charge in [-0.3, -0.25) is 14.4 Å². The summed E-state index contributed by atoms with van der Waals surface area (Å²) < 4.78 is 16.8. The average Bonchev–Trinajstić information content (AvgIpc) is 3.36. The number of hydrogen-bond donors (Lipinski definition) is 0. The zero-order valence-corrected chi connectivity index (χ0v) is 45.8. The first-order valence-corrected chi connectivity index (χ1v) is 29.2. The van der Waals surface area contributed by atoms with Crippen molar-refractivity contribution in [3.8, 4) is 0 Å². The third kappa shape index (κ3) is 55.3. The van der Waals surface area contributed by atoms with E-state index in [0.717, 1.165) is 103 Å². The van der Waals surface area contributed by atoms with Gasteiger partial charge >= 0.3 is 17.9 Å². The first-order valence-electron chi connectivity index (χ1n) is 29.2. The Hall–Kier alpha value is -3.67. The molecule has 1 atom stereocenters. The molecule has 0 aliphatic rings. The number of carbonyl (C=O) groups is 3. The predicted molar refractivity (Wildman–Crippen MR) is 302 cm³/mol. The highest BCUT2D eigenvalue weighted by molar-refractivity contribution is 5.71. The number of unbranched alkanes of at least 4 members (excludes halogenated alkanes) is 25. The first kappa shape index (κ1) is 66.3. The minimum absolute atomic E-state index is 0.103. The van der Waals surface area contributed by atoms with Crippen molar-refractivity contribution in [2.45, 2.75) is 277 Å². The lowest BCUT2D eigenvalue weighted by Crippen LogP contribution is -2.30. The second-order valence-corrected chi connectivity index (χ2v) is 19.2. The lowest BCUT2D eigenvalue weighted by Gasteiger charge is -2.18. The smallest absolute Gasteiger partial charge is 0.306 e. The van der Waals surface area contributed by atoms with Crippen LogP contribution in [0, 0.1) is 0 Å². The van der Waals surface area contributed by atoms with Gasteiger partial charge in [0.05, 0.1) is 0 Å². The van der Waals surface area contributed by atoms with Gasteiger partial charge in [0.15, 0.2) is 6.10 Å². The van der Waals surface area contributed by atoms with Crippen molar-refractivity contribution in [3.63, 3.8) is 0 Å². The van der Waals surface area contributed by atoms with Crippen LogP contribution in [0.2, 0.25) is 0 Å². The number of allylic oxidation sites excluding steroid dienone is 16. The van der Waals surface area contributed by atoms with Crippen LogP contribution < -0.4 is 0 Å². The van der Waals surface area contributed by atoms with Crippen molar-refractivity contribution in [1.29, 1.82) is 0 Å². The maximum absolute atomic E-state index is 12.8. The van der Waals surface area contributed by atoms with Crippen LogP contribution in [0.5, 0.6) is 0 Å². The SMILES string of the molecule is CC/C=C\C/C=C\C/C=C\C/C=C\C/C=C\CCCC(=O)OC(COC(=O)CCCCCCC/C=C\CCC)COC(=O)CCCCCCCCCCCCCCC/C=C\C/C=C\CCCCCCC. The Kier molecular flexibility index (Phi) is 54.9. The van der Waals surface area contributed by atoms with Crippen molar-refractivity contribution in [3.05, 3.63) is 97.2 Å². The quantitative estimate of drug-likeness (QED) is 0.0262. The summed E-state index contributed by atoms with van der Waals surface area (Å²) in [7, 11) is 0. The second kappa shape index (κ2) is 57.9. The van der Waals surface area contributed by atoms with E-state index in [9.17, 15) is 14.4 Å². The molecule has 0 saturated carbocycles. The van der Waals surface area contributed by atoms with E-state index in [1.807, 2.05) is 0 Å². The maximum Gasteiger partial charge on any atom is 0.306 e. The van der Waals surface area contributed by atoms with E-state index < -0.39 is 6.10 Å². The van der Waals surface area contributed by atoms with Gasteiger partial charge in [0.25, 0.3) is 0 Å². The molecule has 0 aromatic carbocycles. The van der Waals surface area contributed by atoms with E-state index in [2.05, 4.69) is 118 Å². The molecule has 0 aliphatic carbocycles. The Morgan fingerprint density at radius 2 is 0.600 bits per heavy atom. The summed E-state index contributed by atoms with van der Waals surface area (Å²) in [6.45, 7) is 6.40. The minimum atomic E-state index is -0.811. The fraction of sp³-hybridized carbons (Fsp3) is 0.703. The first-order chi connectivity index (χ1) is 34.5. The number of carbonyl (C=O) groups excluding carboxylic acids is 3. The Morgan fingerprint density at radius 1 is 0.300 bits per heavy atom. The number of ether oxygens (including phenoxy) is 3. The predicted octanol–water partition coefficient (Wildman–Crippen LogP) is 19.7. The van der Waals surface area contributed by atoms with Gasteiger partial charge in [-0.05, 0) is 109 Å². The van der Waals surface area contributed by atoms with E-state index in [-0.39, 0.29) is 37.5 Å². The van der Waals surface area contributed by atoms with Crippen molar-refractivity contribution in [2.75, 3.05) is 13.2 Å². The van der Waals surface area contributed by atoms with E-state index >= 15 is 0 Å². The number of rotatable bonds is 52. The highest BCUT2D eigenvalue weighted by Gasteiger charge is 2.19. The average molecular weight is 974 g/mol. The lowest BCUT2D eigenvalue weighted by molar-refractivity contribution is -0.167. The van der Waals surface area contributed by atoms with Crippen molar-refractivity contribution in [1.82, 2.24) is 0 Å². The number of esters is 3. The summed E-state index contributed by atoms with van der Waals surface area (Å²) in [5.41, 5.74) is 0. The molecule has 0 amide bonds. The molecule has 0 heterocycles. The molecule has 0 N–H and O–H groups in total. The van der Waals surface area contributed by atoms with Crippen LogP contribution in [0.4, 0.5) is 0 Å². The largest absolute Gasteiger partial charge is 0.462 e. The lowest BCUT2D eigenvalue weighted by atomic mass is 10.0. The summed E-state index contributed by atoms with van der Waals surface area (Å²) in [6.07, 6.45) is 77.1. The van der Waals surface area contributed by atoms with Gasteiger partial charge in [0, 0.05) is 19.3 Å². The third-order valence-electron chi connectivity index (χ3n) is 12.3. The van der Waals surface area contributed by atoms with Crippen molar-refractivity contribution in [2.24, 2.45) is 0 Å². The van der Waals surface area contributed by atoms with Gasteiger partial charge in [-0.2, -0.15) is 0 Å². The van der Waals surface area contributed by atoms with Crippen molar-refractivity contribution < 1.29 is 28.6 Å². The summed E-state index contributed by atoms with van der Waals surface area (Å²) >= 11 is 0. The molecule has 1 unspecified atom stereocenters. The Bertz CT molecular complexity index is 1400. The van der Waals surface area contributed by atoms with Crippen LogP contribution in [0.3, 0.4) is 0 Å². The van der Waals surface area contributed by atoms with Crippen LogP contribution >= 0.6 is 0 Å². The Morgan fingerprint density at radius 3 is 0.986 bits per heavy atom. The normalized spacial score (nSPS) is 12.8. The topological polar surface area (TPSA) is 78.9 Å². The van der Waals surface area contributed by atoms with Gasteiger partial charge < -0.3 is 14.2 Å². The minimum Gasteiger partial charge on any atom is -0.462 e. The molecule has 400 valence electrons. The van der Waals surface area contributed by atoms with Gasteiger partial charge in [-0.25, -0.2) is 0 Å².